The Hall–Kier alpha value is -2.07. The Morgan fingerprint density at radius 2 is 2.14 bits per heavy atom. The molecule has 0 bridgehead atoms. The van der Waals surface area contributed by atoms with Gasteiger partial charge in [0.1, 0.15) is 6.07 Å². The van der Waals surface area contributed by atoms with Gasteiger partial charge in [0, 0.05) is 4.47 Å². The van der Waals surface area contributed by atoms with Crippen LogP contribution in [0.3, 0.4) is 0 Å². The molecule has 1 aliphatic rings. The summed E-state index contributed by atoms with van der Waals surface area (Å²) in [4.78, 5) is 22.9. The summed E-state index contributed by atoms with van der Waals surface area (Å²) < 4.78 is 0.737. The molecule has 7 heteroatoms. The van der Waals surface area contributed by atoms with Gasteiger partial charge in [-0.15, -0.1) is 0 Å². The molecule has 1 aromatic carbocycles. The van der Waals surface area contributed by atoms with Crippen LogP contribution in [0.2, 0.25) is 0 Å². The minimum atomic E-state index is -0.935. The zero-order valence-electron chi connectivity index (χ0n) is 11.1. The fourth-order valence-electron chi connectivity index (χ4n) is 2.35. The highest BCUT2D eigenvalue weighted by Gasteiger charge is 2.40. The number of carboxylic acids is 1. The van der Waals surface area contributed by atoms with Gasteiger partial charge in [0.2, 0.25) is 0 Å². The maximum Gasteiger partial charge on any atom is 0.319 e. The van der Waals surface area contributed by atoms with Crippen molar-refractivity contribution in [3.63, 3.8) is 0 Å². The molecule has 2 amide bonds. The van der Waals surface area contributed by atoms with Crippen molar-refractivity contribution < 1.29 is 14.7 Å². The van der Waals surface area contributed by atoms with E-state index in [1.807, 2.05) is 6.07 Å². The molecular weight excluding hydrogens is 338 g/mol. The van der Waals surface area contributed by atoms with Crippen LogP contribution in [0.1, 0.15) is 31.2 Å². The molecule has 0 heterocycles. The second kappa shape index (κ2) is 6.14. The van der Waals surface area contributed by atoms with Gasteiger partial charge in [-0.3, -0.25) is 4.79 Å². The largest absolute Gasteiger partial charge is 0.481 e. The highest BCUT2D eigenvalue weighted by molar-refractivity contribution is 9.10. The molecule has 0 aliphatic heterocycles. The molecule has 0 atom stereocenters. The molecule has 3 N–H and O–H groups in total. The van der Waals surface area contributed by atoms with E-state index in [-0.39, 0.29) is 6.42 Å². The van der Waals surface area contributed by atoms with Crippen molar-refractivity contribution in [3.05, 3.63) is 28.2 Å². The second-order valence-electron chi connectivity index (χ2n) is 5.09. The third-order valence-electron chi connectivity index (χ3n) is 3.53. The van der Waals surface area contributed by atoms with Gasteiger partial charge in [-0.2, -0.15) is 5.26 Å². The standard InChI is InChI=1S/C14H14BrN3O3/c15-10-3-2-9(8-16)11(6-10)17-13(21)18-14(4-1-5-14)7-12(19)20/h2-3,6H,1,4-5,7H2,(H,19,20)(H2,17,18,21). The summed E-state index contributed by atoms with van der Waals surface area (Å²) in [7, 11) is 0. The molecule has 0 aromatic heterocycles. The van der Waals surface area contributed by atoms with Crippen molar-refractivity contribution in [1.82, 2.24) is 5.32 Å². The number of nitriles is 1. The summed E-state index contributed by atoms with van der Waals surface area (Å²) in [6.07, 6.45) is 2.10. The number of carbonyl (C=O) groups is 2. The smallest absolute Gasteiger partial charge is 0.319 e. The van der Waals surface area contributed by atoms with Crippen LogP contribution in [0.4, 0.5) is 10.5 Å². The lowest BCUT2D eigenvalue weighted by Crippen LogP contribution is -2.55. The molecule has 1 aromatic rings. The third-order valence-corrected chi connectivity index (χ3v) is 4.02. The van der Waals surface area contributed by atoms with Crippen LogP contribution in [0.5, 0.6) is 0 Å². The molecule has 1 saturated carbocycles. The molecule has 1 fully saturated rings. The SMILES string of the molecule is N#Cc1ccc(Br)cc1NC(=O)NC1(CC(=O)O)CCC1. The van der Waals surface area contributed by atoms with Gasteiger partial charge in [-0.05, 0) is 37.5 Å². The minimum Gasteiger partial charge on any atom is -0.481 e. The highest BCUT2D eigenvalue weighted by Crippen LogP contribution is 2.35. The first-order valence-corrected chi connectivity index (χ1v) is 7.24. The summed E-state index contributed by atoms with van der Waals surface area (Å²) in [5.74, 6) is -0.935. The van der Waals surface area contributed by atoms with Gasteiger partial charge in [0.15, 0.2) is 0 Å². The van der Waals surface area contributed by atoms with Crippen molar-refractivity contribution >= 4 is 33.6 Å². The number of nitrogens with zero attached hydrogens (tertiary/aromatic N) is 1. The Morgan fingerprint density at radius 3 is 2.67 bits per heavy atom. The molecule has 0 unspecified atom stereocenters. The van der Waals surface area contributed by atoms with Gasteiger partial charge < -0.3 is 15.7 Å². The fourth-order valence-corrected chi connectivity index (χ4v) is 2.71. The van der Waals surface area contributed by atoms with Crippen LogP contribution in [0.15, 0.2) is 22.7 Å². The fraction of sp³-hybridized carbons (Fsp3) is 0.357. The number of hydrogen-bond acceptors (Lipinski definition) is 3. The zero-order chi connectivity index (χ0) is 15.5. The van der Waals surface area contributed by atoms with Crippen LogP contribution >= 0.6 is 15.9 Å². The summed E-state index contributed by atoms with van der Waals surface area (Å²) >= 11 is 3.28. The van der Waals surface area contributed by atoms with Gasteiger partial charge in [-0.1, -0.05) is 15.9 Å². The molecule has 21 heavy (non-hydrogen) atoms. The summed E-state index contributed by atoms with van der Waals surface area (Å²) in [5, 5.41) is 23.3. The lowest BCUT2D eigenvalue weighted by atomic mass is 9.74. The Kier molecular flexibility index (Phi) is 4.48. The predicted molar refractivity (Wildman–Crippen MR) is 79.8 cm³/mol. The first-order valence-electron chi connectivity index (χ1n) is 6.45. The minimum absolute atomic E-state index is 0.0932. The molecular formula is C14H14BrN3O3. The van der Waals surface area contributed by atoms with E-state index in [0.717, 1.165) is 10.9 Å². The molecule has 110 valence electrons. The van der Waals surface area contributed by atoms with Gasteiger partial charge in [-0.25, -0.2) is 4.79 Å². The zero-order valence-corrected chi connectivity index (χ0v) is 12.7. The lowest BCUT2D eigenvalue weighted by molar-refractivity contribution is -0.139. The Labute approximate surface area is 130 Å². The van der Waals surface area contributed by atoms with Crippen LogP contribution < -0.4 is 10.6 Å². The number of hydrogen-bond donors (Lipinski definition) is 3. The van der Waals surface area contributed by atoms with Crippen LogP contribution in [0.25, 0.3) is 0 Å². The summed E-state index contributed by atoms with van der Waals surface area (Å²) in [6, 6.07) is 6.43. The molecule has 1 aliphatic carbocycles. The van der Waals surface area contributed by atoms with Gasteiger partial charge in [0.25, 0.3) is 0 Å². The maximum absolute atomic E-state index is 12.0. The van der Waals surface area contributed by atoms with Crippen LogP contribution in [-0.4, -0.2) is 22.6 Å². The number of benzene rings is 1. The highest BCUT2D eigenvalue weighted by atomic mass is 79.9. The average molecular weight is 352 g/mol. The van der Waals surface area contributed by atoms with E-state index < -0.39 is 17.5 Å². The van der Waals surface area contributed by atoms with Crippen LogP contribution in [-0.2, 0) is 4.79 Å². The number of nitrogens with one attached hydrogen (secondary N) is 2. The summed E-state index contributed by atoms with van der Waals surface area (Å²) in [6.45, 7) is 0. The number of rotatable bonds is 4. The average Bonchev–Trinajstić information content (AvgIpc) is 2.35. The lowest BCUT2D eigenvalue weighted by Gasteiger charge is -2.41. The van der Waals surface area contributed by atoms with E-state index in [2.05, 4.69) is 26.6 Å². The second-order valence-corrected chi connectivity index (χ2v) is 6.00. The Morgan fingerprint density at radius 1 is 1.43 bits per heavy atom. The molecule has 0 spiro atoms. The van der Waals surface area contributed by atoms with Gasteiger partial charge >= 0.3 is 12.0 Å². The number of amides is 2. The first-order chi connectivity index (χ1) is 9.94. The Balaban J connectivity index is 2.07. The molecule has 6 nitrogen and oxygen atoms in total. The number of anilines is 1. The van der Waals surface area contributed by atoms with Crippen molar-refractivity contribution in [2.24, 2.45) is 0 Å². The molecule has 0 radical (unpaired) electrons. The number of carbonyl (C=O) groups excluding carboxylic acids is 1. The van der Waals surface area contributed by atoms with Crippen molar-refractivity contribution in [3.8, 4) is 6.07 Å². The predicted octanol–water partition coefficient (Wildman–Crippen LogP) is 2.84. The van der Waals surface area contributed by atoms with Crippen molar-refractivity contribution in [1.29, 1.82) is 5.26 Å². The third kappa shape index (κ3) is 3.73. The molecule has 2 rings (SSSR count). The maximum atomic E-state index is 12.0. The van der Waals surface area contributed by atoms with Crippen molar-refractivity contribution in [2.45, 2.75) is 31.2 Å². The number of urea groups is 1. The first kappa shape index (κ1) is 15.3. The van der Waals surface area contributed by atoms with E-state index in [4.69, 9.17) is 10.4 Å². The quantitative estimate of drug-likeness (QED) is 0.775. The number of halogens is 1. The van der Waals surface area contributed by atoms with E-state index in [1.165, 1.54) is 0 Å². The Bertz CT molecular complexity index is 620. The topological polar surface area (TPSA) is 102 Å². The normalized spacial score (nSPS) is 15.4. The molecule has 0 saturated heterocycles. The van der Waals surface area contributed by atoms with E-state index in [1.54, 1.807) is 18.2 Å². The van der Waals surface area contributed by atoms with E-state index in [9.17, 15) is 9.59 Å². The summed E-state index contributed by atoms with van der Waals surface area (Å²) in [5.41, 5.74) is 0.0535. The number of aliphatic carboxylic acids is 1. The van der Waals surface area contributed by atoms with E-state index in [0.29, 0.717) is 24.1 Å². The number of carboxylic acid groups (broad SMARTS) is 1. The van der Waals surface area contributed by atoms with E-state index >= 15 is 0 Å². The monoisotopic (exact) mass is 351 g/mol. The van der Waals surface area contributed by atoms with Crippen molar-refractivity contribution in [2.75, 3.05) is 5.32 Å². The van der Waals surface area contributed by atoms with Crippen LogP contribution in [0, 0.1) is 11.3 Å². The van der Waals surface area contributed by atoms with Gasteiger partial charge in [0.05, 0.1) is 23.2 Å².